The first-order valence-electron chi connectivity index (χ1n) is 11.7. The van der Waals surface area contributed by atoms with Gasteiger partial charge in [-0.1, -0.05) is 60.5 Å². The predicted molar refractivity (Wildman–Crippen MR) is 147 cm³/mol. The van der Waals surface area contributed by atoms with Gasteiger partial charge in [-0.15, -0.1) is 0 Å². The third-order valence-electron chi connectivity index (χ3n) is 5.65. The van der Waals surface area contributed by atoms with E-state index < -0.39 is 0 Å². The number of nitrogens with one attached hydrogen (secondary N) is 1. The molecule has 3 aromatic carbocycles. The molecule has 1 aromatic heterocycles. The number of hydrogen-bond acceptors (Lipinski definition) is 4. The third kappa shape index (κ3) is 6.31. The van der Waals surface area contributed by atoms with Gasteiger partial charge < -0.3 is 15.0 Å². The van der Waals surface area contributed by atoms with E-state index in [9.17, 15) is 9.59 Å². The van der Waals surface area contributed by atoms with Crippen LogP contribution in [0.25, 0.3) is 16.9 Å². The summed E-state index contributed by atoms with van der Waals surface area (Å²) in [6, 6.07) is 23.5. The number of benzene rings is 3. The second kappa shape index (κ2) is 12.0. The minimum Gasteiger partial charge on any atom is -0.497 e. The second-order valence-corrected chi connectivity index (χ2v) is 9.11. The molecule has 0 aliphatic carbocycles. The molecule has 2 amide bonds. The number of ether oxygens (including phenoxy) is 1. The van der Waals surface area contributed by atoms with Crippen LogP contribution in [0.2, 0.25) is 10.0 Å². The van der Waals surface area contributed by atoms with E-state index in [0.717, 1.165) is 11.3 Å². The molecule has 0 saturated carbocycles. The van der Waals surface area contributed by atoms with Gasteiger partial charge in [-0.2, -0.15) is 5.10 Å². The lowest BCUT2D eigenvalue weighted by atomic mass is 10.1. The average Bonchev–Trinajstić information content (AvgIpc) is 3.33. The van der Waals surface area contributed by atoms with Crippen LogP contribution in [0.1, 0.15) is 23.7 Å². The summed E-state index contributed by atoms with van der Waals surface area (Å²) in [5.74, 6) is 0.536. The van der Waals surface area contributed by atoms with Crippen LogP contribution < -0.4 is 10.1 Å². The summed E-state index contributed by atoms with van der Waals surface area (Å²) in [4.78, 5) is 27.8. The van der Waals surface area contributed by atoms with Gasteiger partial charge in [-0.25, -0.2) is 4.68 Å². The summed E-state index contributed by atoms with van der Waals surface area (Å²) in [5, 5.41) is 8.30. The third-order valence-corrected chi connectivity index (χ3v) is 6.38. The average molecular weight is 537 g/mol. The number of carbonyl (C=O) groups excluding carboxylic acids is 2. The van der Waals surface area contributed by atoms with Crippen molar-refractivity contribution in [1.82, 2.24) is 14.7 Å². The molecule has 4 rings (SSSR count). The molecule has 0 saturated heterocycles. The van der Waals surface area contributed by atoms with E-state index in [2.05, 4.69) is 5.32 Å². The summed E-state index contributed by atoms with van der Waals surface area (Å²) in [5.41, 5.74) is 2.72. The molecule has 1 heterocycles. The van der Waals surface area contributed by atoms with Crippen LogP contribution in [-0.4, -0.2) is 46.7 Å². The van der Waals surface area contributed by atoms with Crippen LogP contribution in [0, 0.1) is 0 Å². The van der Waals surface area contributed by atoms with Gasteiger partial charge in [-0.3, -0.25) is 9.59 Å². The number of halogens is 2. The van der Waals surface area contributed by atoms with E-state index in [4.69, 9.17) is 33.0 Å². The molecule has 0 atom stereocenters. The van der Waals surface area contributed by atoms with E-state index in [0.29, 0.717) is 40.8 Å². The first-order valence-corrected chi connectivity index (χ1v) is 12.5. The number of amides is 2. The molecule has 9 heteroatoms. The number of carbonyl (C=O) groups is 2. The minimum absolute atomic E-state index is 0.138. The van der Waals surface area contributed by atoms with Gasteiger partial charge in [0, 0.05) is 23.7 Å². The molecule has 0 radical (unpaired) electrons. The maximum Gasteiger partial charge on any atom is 0.254 e. The normalized spacial score (nSPS) is 10.7. The standard InChI is InChI=1S/C28H26Cl2N4O3/c1-3-15-33(28(36)20-9-14-23(29)24(30)16-20)18-27(35)31-26-17-25(19-7-5-4-6-8-19)32-34(26)21-10-12-22(37-2)13-11-21/h4-14,16-17H,3,15,18H2,1-2H3,(H,31,35). The van der Waals surface area contributed by atoms with E-state index in [-0.39, 0.29) is 23.4 Å². The zero-order valence-corrected chi connectivity index (χ0v) is 22.0. The molecular weight excluding hydrogens is 511 g/mol. The Balaban J connectivity index is 1.60. The molecule has 37 heavy (non-hydrogen) atoms. The molecule has 7 nitrogen and oxygen atoms in total. The van der Waals surface area contributed by atoms with E-state index in [1.54, 1.807) is 23.9 Å². The summed E-state index contributed by atoms with van der Waals surface area (Å²) in [7, 11) is 1.60. The Hall–Kier alpha value is -3.81. The first kappa shape index (κ1) is 26.3. The fourth-order valence-electron chi connectivity index (χ4n) is 3.83. The van der Waals surface area contributed by atoms with Crippen molar-refractivity contribution in [2.24, 2.45) is 0 Å². The summed E-state index contributed by atoms with van der Waals surface area (Å²) < 4.78 is 6.92. The van der Waals surface area contributed by atoms with Gasteiger partial charge in [0.15, 0.2) is 0 Å². The molecule has 0 unspecified atom stereocenters. The number of methoxy groups -OCH3 is 1. The number of rotatable bonds is 9. The summed E-state index contributed by atoms with van der Waals surface area (Å²) in [6.45, 7) is 2.21. The fraction of sp³-hybridized carbons (Fsp3) is 0.179. The Labute approximate surface area is 225 Å². The van der Waals surface area contributed by atoms with Crippen LogP contribution >= 0.6 is 23.2 Å². The smallest absolute Gasteiger partial charge is 0.254 e. The van der Waals surface area contributed by atoms with Crippen LogP contribution in [0.5, 0.6) is 5.75 Å². The van der Waals surface area contributed by atoms with Crippen LogP contribution in [0.4, 0.5) is 5.82 Å². The summed E-state index contributed by atoms with van der Waals surface area (Å²) in [6.07, 6.45) is 0.683. The van der Waals surface area contributed by atoms with E-state index in [1.807, 2.05) is 67.6 Å². The molecule has 0 spiro atoms. The highest BCUT2D eigenvalue weighted by Gasteiger charge is 2.21. The topological polar surface area (TPSA) is 76.5 Å². The Morgan fingerprint density at radius 2 is 1.70 bits per heavy atom. The van der Waals surface area contributed by atoms with Crippen LogP contribution in [0.3, 0.4) is 0 Å². The number of aromatic nitrogens is 2. The van der Waals surface area contributed by atoms with Crippen molar-refractivity contribution in [2.45, 2.75) is 13.3 Å². The molecule has 0 aliphatic rings. The highest BCUT2D eigenvalue weighted by Crippen LogP contribution is 2.26. The monoisotopic (exact) mass is 536 g/mol. The summed E-state index contributed by atoms with van der Waals surface area (Å²) >= 11 is 12.1. The van der Waals surface area contributed by atoms with Crippen molar-refractivity contribution in [3.05, 3.63) is 94.5 Å². The van der Waals surface area contributed by atoms with Gasteiger partial charge in [0.05, 0.1) is 28.5 Å². The Morgan fingerprint density at radius 3 is 2.35 bits per heavy atom. The Kier molecular flexibility index (Phi) is 8.48. The highest BCUT2D eigenvalue weighted by molar-refractivity contribution is 6.42. The quantitative estimate of drug-likeness (QED) is 0.270. The predicted octanol–water partition coefficient (Wildman–Crippen LogP) is 6.35. The second-order valence-electron chi connectivity index (χ2n) is 8.29. The van der Waals surface area contributed by atoms with Gasteiger partial charge in [0.2, 0.25) is 5.91 Å². The lowest BCUT2D eigenvalue weighted by Gasteiger charge is -2.22. The van der Waals surface area contributed by atoms with Gasteiger partial charge in [-0.05, 0) is 48.9 Å². The largest absolute Gasteiger partial charge is 0.497 e. The fourth-order valence-corrected chi connectivity index (χ4v) is 4.13. The van der Waals surface area contributed by atoms with Crippen molar-refractivity contribution < 1.29 is 14.3 Å². The first-order chi connectivity index (χ1) is 17.9. The number of anilines is 1. The van der Waals surface area contributed by atoms with Gasteiger partial charge in [0.1, 0.15) is 18.1 Å². The van der Waals surface area contributed by atoms with Crippen molar-refractivity contribution in [1.29, 1.82) is 0 Å². The van der Waals surface area contributed by atoms with Crippen molar-refractivity contribution in [3.8, 4) is 22.7 Å². The lowest BCUT2D eigenvalue weighted by Crippen LogP contribution is -2.38. The molecule has 0 bridgehead atoms. The maximum atomic E-state index is 13.2. The van der Waals surface area contributed by atoms with Crippen LogP contribution in [0.15, 0.2) is 78.9 Å². The van der Waals surface area contributed by atoms with Crippen molar-refractivity contribution in [3.63, 3.8) is 0 Å². The molecule has 4 aromatic rings. The molecule has 0 aliphatic heterocycles. The zero-order valence-electron chi connectivity index (χ0n) is 20.4. The van der Waals surface area contributed by atoms with E-state index in [1.165, 1.54) is 11.0 Å². The van der Waals surface area contributed by atoms with Crippen molar-refractivity contribution >= 4 is 40.8 Å². The maximum absolute atomic E-state index is 13.2. The number of hydrogen-bond donors (Lipinski definition) is 1. The Morgan fingerprint density at radius 1 is 0.973 bits per heavy atom. The molecule has 190 valence electrons. The van der Waals surface area contributed by atoms with Gasteiger partial charge >= 0.3 is 0 Å². The zero-order chi connectivity index (χ0) is 26.4. The van der Waals surface area contributed by atoms with Crippen molar-refractivity contribution in [2.75, 3.05) is 25.5 Å². The van der Waals surface area contributed by atoms with Gasteiger partial charge in [0.25, 0.3) is 5.91 Å². The molecule has 1 N–H and O–H groups in total. The highest BCUT2D eigenvalue weighted by atomic mass is 35.5. The Bertz CT molecular complexity index is 1390. The minimum atomic E-state index is -0.351. The van der Waals surface area contributed by atoms with E-state index >= 15 is 0 Å². The van der Waals surface area contributed by atoms with Crippen LogP contribution in [-0.2, 0) is 4.79 Å². The SMILES string of the molecule is CCCN(CC(=O)Nc1cc(-c2ccccc2)nn1-c1ccc(OC)cc1)C(=O)c1ccc(Cl)c(Cl)c1. The number of nitrogens with zero attached hydrogens (tertiary/aromatic N) is 3. The molecule has 0 fully saturated rings. The molecular formula is C28H26Cl2N4O3. The lowest BCUT2D eigenvalue weighted by molar-refractivity contribution is -0.116.